The van der Waals surface area contributed by atoms with Crippen LogP contribution in [0.3, 0.4) is 0 Å². The summed E-state index contributed by atoms with van der Waals surface area (Å²) >= 11 is 0. The molecule has 0 radical (unpaired) electrons. The molecular formula is C18H22F3N5O. The van der Waals surface area contributed by atoms with Crippen molar-refractivity contribution in [3.8, 4) is 5.69 Å². The Hall–Kier alpha value is -2.42. The molecule has 27 heavy (non-hydrogen) atoms. The molecule has 9 heteroatoms. The number of aromatic nitrogens is 3. The maximum atomic E-state index is 12.8. The van der Waals surface area contributed by atoms with Crippen molar-refractivity contribution in [2.24, 2.45) is 5.73 Å². The van der Waals surface area contributed by atoms with Crippen LogP contribution >= 0.6 is 0 Å². The van der Waals surface area contributed by atoms with E-state index in [0.29, 0.717) is 17.3 Å². The summed E-state index contributed by atoms with van der Waals surface area (Å²) in [4.78, 5) is 16.2. The van der Waals surface area contributed by atoms with Crippen molar-refractivity contribution in [1.29, 1.82) is 0 Å². The van der Waals surface area contributed by atoms with Gasteiger partial charge in [0.1, 0.15) is 5.82 Å². The van der Waals surface area contributed by atoms with Gasteiger partial charge in [-0.2, -0.15) is 18.3 Å². The maximum absolute atomic E-state index is 12.8. The lowest BCUT2D eigenvalue weighted by Crippen LogP contribution is -2.26. The van der Waals surface area contributed by atoms with E-state index in [1.807, 2.05) is 0 Å². The first-order chi connectivity index (χ1) is 12.8. The van der Waals surface area contributed by atoms with Gasteiger partial charge in [0, 0.05) is 19.0 Å². The molecule has 1 aliphatic rings. The molecule has 6 nitrogen and oxygen atoms in total. The number of nitrogens with zero attached hydrogens (tertiary/aromatic N) is 3. The summed E-state index contributed by atoms with van der Waals surface area (Å²) in [5.41, 5.74) is 5.74. The summed E-state index contributed by atoms with van der Waals surface area (Å²) in [6.45, 7) is 0. The highest BCUT2D eigenvalue weighted by atomic mass is 19.4. The van der Waals surface area contributed by atoms with Gasteiger partial charge in [0.2, 0.25) is 5.91 Å². The van der Waals surface area contributed by atoms with Crippen molar-refractivity contribution in [2.45, 2.75) is 50.2 Å². The number of hydrogen-bond donors (Lipinski definition) is 2. The predicted molar refractivity (Wildman–Crippen MR) is 93.3 cm³/mol. The van der Waals surface area contributed by atoms with Gasteiger partial charge in [-0.05, 0) is 49.9 Å². The van der Waals surface area contributed by atoms with Crippen LogP contribution in [0.5, 0.6) is 0 Å². The minimum Gasteiger partial charge on any atom is -0.359 e. The summed E-state index contributed by atoms with van der Waals surface area (Å²) in [5, 5.41) is 6.91. The fraction of sp³-hybridized carbons (Fsp3) is 0.500. The van der Waals surface area contributed by atoms with Crippen LogP contribution in [0.15, 0.2) is 24.3 Å². The standard InChI is InChI=1S/C18H22F3N5O/c1-23-16(27)10-15-24-17(11-2-6-13(22)7-3-11)26(25-15)14-8-4-12(5-9-14)18(19,20)21/h4-5,8-9,11,13H,2-3,6-7,10,22H2,1H3,(H,23,27). The summed E-state index contributed by atoms with van der Waals surface area (Å²) < 4.78 is 40.0. The van der Waals surface area contributed by atoms with Gasteiger partial charge in [0.15, 0.2) is 5.82 Å². The van der Waals surface area contributed by atoms with E-state index in [2.05, 4.69) is 15.4 Å². The Balaban J connectivity index is 1.95. The molecule has 1 saturated carbocycles. The van der Waals surface area contributed by atoms with Crippen molar-refractivity contribution in [3.05, 3.63) is 41.5 Å². The maximum Gasteiger partial charge on any atom is 0.416 e. The smallest absolute Gasteiger partial charge is 0.359 e. The average molecular weight is 381 g/mol. The zero-order chi connectivity index (χ0) is 19.6. The van der Waals surface area contributed by atoms with E-state index in [-0.39, 0.29) is 24.3 Å². The average Bonchev–Trinajstić information content (AvgIpc) is 3.05. The van der Waals surface area contributed by atoms with E-state index in [4.69, 9.17) is 5.73 Å². The molecule has 0 bridgehead atoms. The van der Waals surface area contributed by atoms with Gasteiger partial charge < -0.3 is 11.1 Å². The molecule has 3 rings (SSSR count). The monoisotopic (exact) mass is 381 g/mol. The Kier molecular flexibility index (Phi) is 5.50. The van der Waals surface area contributed by atoms with E-state index in [1.165, 1.54) is 19.2 Å². The molecule has 0 aliphatic heterocycles. The van der Waals surface area contributed by atoms with Crippen LogP contribution in [-0.4, -0.2) is 33.8 Å². The Morgan fingerprint density at radius 3 is 2.41 bits per heavy atom. The molecule has 146 valence electrons. The van der Waals surface area contributed by atoms with E-state index in [9.17, 15) is 18.0 Å². The Bertz CT molecular complexity index is 792. The Labute approximate surface area is 155 Å². The van der Waals surface area contributed by atoms with Crippen molar-refractivity contribution < 1.29 is 18.0 Å². The molecule has 1 fully saturated rings. The number of likely N-dealkylation sites (N-methyl/N-ethyl adjacent to an activating group) is 1. The third-order valence-electron chi connectivity index (χ3n) is 4.85. The van der Waals surface area contributed by atoms with Crippen molar-refractivity contribution in [2.75, 3.05) is 7.05 Å². The van der Waals surface area contributed by atoms with Gasteiger partial charge in [-0.3, -0.25) is 4.79 Å². The lowest BCUT2D eigenvalue weighted by atomic mass is 9.86. The number of halogens is 3. The summed E-state index contributed by atoms with van der Waals surface area (Å²) in [6.07, 6.45) is -0.999. The molecule has 1 amide bonds. The second-order valence-corrected chi connectivity index (χ2v) is 6.80. The first-order valence-electron chi connectivity index (χ1n) is 8.87. The van der Waals surface area contributed by atoms with E-state index >= 15 is 0 Å². The largest absolute Gasteiger partial charge is 0.416 e. The van der Waals surface area contributed by atoms with Crippen LogP contribution < -0.4 is 11.1 Å². The summed E-state index contributed by atoms with van der Waals surface area (Å²) in [6, 6.07) is 4.96. The summed E-state index contributed by atoms with van der Waals surface area (Å²) in [7, 11) is 1.53. The minimum absolute atomic E-state index is 0.0172. The van der Waals surface area contributed by atoms with Crippen molar-refractivity contribution >= 4 is 5.91 Å². The molecule has 1 aromatic heterocycles. The molecule has 0 spiro atoms. The lowest BCUT2D eigenvalue weighted by Gasteiger charge is -2.25. The number of carbonyl (C=O) groups is 1. The van der Waals surface area contributed by atoms with Crippen molar-refractivity contribution in [3.63, 3.8) is 0 Å². The highest BCUT2D eigenvalue weighted by Gasteiger charge is 2.31. The number of nitrogens with two attached hydrogens (primary N) is 1. The van der Waals surface area contributed by atoms with Gasteiger partial charge in [-0.1, -0.05) is 0 Å². The normalized spacial score (nSPS) is 20.5. The fourth-order valence-corrected chi connectivity index (χ4v) is 3.30. The molecule has 0 saturated heterocycles. The molecule has 0 unspecified atom stereocenters. The zero-order valence-electron chi connectivity index (χ0n) is 15.0. The number of carbonyl (C=O) groups excluding carboxylic acids is 1. The predicted octanol–water partition coefficient (Wildman–Crippen LogP) is 2.56. The first kappa shape index (κ1) is 19.3. The third kappa shape index (κ3) is 4.47. The van der Waals surface area contributed by atoms with Crippen LogP contribution in [0.4, 0.5) is 13.2 Å². The Morgan fingerprint density at radius 2 is 1.85 bits per heavy atom. The van der Waals surface area contributed by atoms with Gasteiger partial charge in [-0.25, -0.2) is 9.67 Å². The fourth-order valence-electron chi connectivity index (χ4n) is 3.30. The second kappa shape index (κ2) is 7.67. The van der Waals surface area contributed by atoms with Crippen LogP contribution in [-0.2, 0) is 17.4 Å². The van der Waals surface area contributed by atoms with Gasteiger partial charge in [0.05, 0.1) is 17.7 Å². The van der Waals surface area contributed by atoms with Gasteiger partial charge >= 0.3 is 6.18 Å². The minimum atomic E-state index is -4.40. The van der Waals surface area contributed by atoms with Gasteiger partial charge in [-0.15, -0.1) is 0 Å². The van der Waals surface area contributed by atoms with Crippen LogP contribution in [0.2, 0.25) is 0 Å². The van der Waals surface area contributed by atoms with Crippen LogP contribution in [0.1, 0.15) is 48.8 Å². The number of hydrogen-bond acceptors (Lipinski definition) is 4. The van der Waals surface area contributed by atoms with Crippen LogP contribution in [0.25, 0.3) is 5.69 Å². The van der Waals surface area contributed by atoms with E-state index < -0.39 is 11.7 Å². The van der Waals surface area contributed by atoms with E-state index in [0.717, 1.165) is 37.8 Å². The molecule has 1 aromatic carbocycles. The SMILES string of the molecule is CNC(=O)Cc1nc(C2CCC(N)CC2)n(-c2ccc(C(F)(F)F)cc2)n1. The van der Waals surface area contributed by atoms with E-state index in [1.54, 1.807) is 4.68 Å². The number of benzene rings is 1. The topological polar surface area (TPSA) is 85.8 Å². The second-order valence-electron chi connectivity index (χ2n) is 6.80. The summed E-state index contributed by atoms with van der Waals surface area (Å²) in [5.74, 6) is 0.898. The third-order valence-corrected chi connectivity index (χ3v) is 4.85. The molecule has 3 N–H and O–H groups in total. The Morgan fingerprint density at radius 1 is 1.22 bits per heavy atom. The van der Waals surface area contributed by atoms with Crippen molar-refractivity contribution in [1.82, 2.24) is 20.1 Å². The van der Waals surface area contributed by atoms with Gasteiger partial charge in [0.25, 0.3) is 0 Å². The highest BCUT2D eigenvalue weighted by molar-refractivity contribution is 5.77. The first-order valence-corrected chi connectivity index (χ1v) is 8.87. The van der Waals surface area contributed by atoms with Crippen LogP contribution in [0, 0.1) is 0 Å². The molecule has 0 atom stereocenters. The molecular weight excluding hydrogens is 359 g/mol. The zero-order valence-corrected chi connectivity index (χ0v) is 15.0. The number of rotatable bonds is 4. The molecule has 1 aliphatic carbocycles. The molecule has 2 aromatic rings. The quantitative estimate of drug-likeness (QED) is 0.852. The number of alkyl halides is 3. The molecule has 1 heterocycles. The highest BCUT2D eigenvalue weighted by Crippen LogP contribution is 2.33. The lowest BCUT2D eigenvalue weighted by molar-refractivity contribution is -0.137. The number of nitrogens with one attached hydrogen (secondary N) is 1. The number of amides is 1.